The molecule has 0 saturated carbocycles. The van der Waals surface area contributed by atoms with Crippen molar-refractivity contribution in [3.05, 3.63) is 60.5 Å². The highest BCUT2D eigenvalue weighted by atomic mass is 16.5. The van der Waals surface area contributed by atoms with Crippen LogP contribution < -0.4 is 0 Å². The van der Waals surface area contributed by atoms with Crippen LogP contribution in [0.15, 0.2) is 55.0 Å². The van der Waals surface area contributed by atoms with Gasteiger partial charge in [-0.2, -0.15) is 0 Å². The van der Waals surface area contributed by atoms with Crippen LogP contribution in [0.5, 0.6) is 0 Å². The van der Waals surface area contributed by atoms with Gasteiger partial charge in [0.1, 0.15) is 6.10 Å². The van der Waals surface area contributed by atoms with Crippen molar-refractivity contribution in [2.45, 2.75) is 6.10 Å². The van der Waals surface area contributed by atoms with Gasteiger partial charge in [0.15, 0.2) is 0 Å². The average molecular weight is 197 g/mol. The lowest BCUT2D eigenvalue weighted by molar-refractivity contribution is 0.187. The first-order valence-electron chi connectivity index (χ1n) is 5.00. The van der Waals surface area contributed by atoms with E-state index in [4.69, 9.17) is 4.74 Å². The zero-order chi connectivity index (χ0) is 10.1. The van der Waals surface area contributed by atoms with Crippen molar-refractivity contribution >= 4 is 10.9 Å². The van der Waals surface area contributed by atoms with E-state index in [0.717, 1.165) is 5.52 Å². The molecule has 2 aromatic rings. The molecule has 0 radical (unpaired) electrons. The van der Waals surface area contributed by atoms with Crippen molar-refractivity contribution in [3.63, 3.8) is 0 Å². The predicted molar refractivity (Wildman–Crippen MR) is 60.4 cm³/mol. The van der Waals surface area contributed by atoms with Gasteiger partial charge in [-0.05, 0) is 18.2 Å². The van der Waals surface area contributed by atoms with Gasteiger partial charge in [0.05, 0.1) is 6.26 Å². The smallest absolute Gasteiger partial charge is 0.143 e. The molecule has 0 amide bonds. The first-order chi connectivity index (χ1) is 7.45. The number of aromatic nitrogens is 1. The molecular formula is C13H11NO. The number of rotatable bonds is 1. The van der Waals surface area contributed by atoms with Crippen LogP contribution in [-0.2, 0) is 4.74 Å². The zero-order valence-electron chi connectivity index (χ0n) is 8.18. The molecule has 1 unspecified atom stereocenters. The molecule has 3 rings (SSSR count). The average Bonchev–Trinajstić information content (AvgIpc) is 2.74. The minimum Gasteiger partial charge on any atom is -0.489 e. The molecule has 1 aliphatic rings. The summed E-state index contributed by atoms with van der Waals surface area (Å²) < 4.78 is 5.54. The summed E-state index contributed by atoms with van der Waals surface area (Å²) in [5.41, 5.74) is 2.34. The number of H-pyrrole nitrogens is 1. The molecule has 74 valence electrons. The molecule has 1 aliphatic heterocycles. The van der Waals surface area contributed by atoms with Gasteiger partial charge in [-0.1, -0.05) is 24.3 Å². The Balaban J connectivity index is 2.11. The third kappa shape index (κ3) is 1.34. The highest BCUT2D eigenvalue weighted by Crippen LogP contribution is 2.28. The Morgan fingerprint density at radius 1 is 1.13 bits per heavy atom. The molecule has 1 aromatic carbocycles. The molecule has 0 bridgehead atoms. The van der Waals surface area contributed by atoms with Gasteiger partial charge in [0, 0.05) is 22.7 Å². The first-order valence-corrected chi connectivity index (χ1v) is 5.00. The fourth-order valence-electron chi connectivity index (χ4n) is 1.89. The monoisotopic (exact) mass is 197 g/mol. The molecule has 2 heterocycles. The maximum absolute atomic E-state index is 5.54. The van der Waals surface area contributed by atoms with Crippen LogP contribution in [0.1, 0.15) is 11.7 Å². The van der Waals surface area contributed by atoms with E-state index in [1.807, 2.05) is 30.5 Å². The van der Waals surface area contributed by atoms with Crippen LogP contribution in [-0.4, -0.2) is 4.98 Å². The van der Waals surface area contributed by atoms with Crippen LogP contribution in [0.25, 0.3) is 10.9 Å². The standard InChI is InChI=1S/C13H11NO/c1-2-6-12-10(5-1)11(9-14-12)13-7-3-4-8-15-13/h1-9,13-14H. The molecule has 0 spiro atoms. The molecule has 0 aliphatic carbocycles. The lowest BCUT2D eigenvalue weighted by Crippen LogP contribution is -1.97. The van der Waals surface area contributed by atoms with Gasteiger partial charge in [-0.3, -0.25) is 0 Å². The lowest BCUT2D eigenvalue weighted by atomic mass is 10.1. The molecule has 1 N–H and O–H groups in total. The third-order valence-electron chi connectivity index (χ3n) is 2.63. The van der Waals surface area contributed by atoms with Crippen molar-refractivity contribution in [1.29, 1.82) is 0 Å². The fraction of sp³-hybridized carbons (Fsp3) is 0.0769. The number of ether oxygens (including phenoxy) is 1. The summed E-state index contributed by atoms with van der Waals surface area (Å²) in [5.74, 6) is 0. The van der Waals surface area contributed by atoms with Gasteiger partial charge in [0.25, 0.3) is 0 Å². The second kappa shape index (κ2) is 3.31. The Labute approximate surface area is 87.9 Å². The lowest BCUT2D eigenvalue weighted by Gasteiger charge is -2.13. The van der Waals surface area contributed by atoms with Crippen LogP contribution in [0, 0.1) is 0 Å². The molecule has 0 fully saturated rings. The Hall–Kier alpha value is -1.96. The zero-order valence-corrected chi connectivity index (χ0v) is 8.18. The summed E-state index contributed by atoms with van der Waals surface area (Å²) in [7, 11) is 0. The molecule has 0 saturated heterocycles. The van der Waals surface area contributed by atoms with Gasteiger partial charge in [-0.25, -0.2) is 0 Å². The van der Waals surface area contributed by atoms with Gasteiger partial charge in [0.2, 0.25) is 0 Å². The van der Waals surface area contributed by atoms with Crippen LogP contribution in [0.2, 0.25) is 0 Å². The molecule has 1 atom stereocenters. The third-order valence-corrected chi connectivity index (χ3v) is 2.63. The van der Waals surface area contributed by atoms with Gasteiger partial charge >= 0.3 is 0 Å². The Morgan fingerprint density at radius 3 is 2.93 bits per heavy atom. The van der Waals surface area contributed by atoms with Crippen molar-refractivity contribution in [2.75, 3.05) is 0 Å². The van der Waals surface area contributed by atoms with Crippen LogP contribution in [0.3, 0.4) is 0 Å². The number of benzene rings is 1. The normalized spacial score (nSPS) is 19.3. The number of nitrogens with one attached hydrogen (secondary N) is 1. The van der Waals surface area contributed by atoms with E-state index in [2.05, 4.69) is 23.2 Å². The SMILES string of the molecule is C1=COC(c2c[nH]c3ccccc23)C=C1. The van der Waals surface area contributed by atoms with E-state index in [0.29, 0.717) is 0 Å². The molecule has 2 heteroatoms. The van der Waals surface area contributed by atoms with Gasteiger partial charge < -0.3 is 9.72 Å². The summed E-state index contributed by atoms with van der Waals surface area (Å²) >= 11 is 0. The van der Waals surface area contributed by atoms with E-state index in [1.165, 1.54) is 10.9 Å². The molecule has 1 aromatic heterocycles. The number of fused-ring (bicyclic) bond motifs is 1. The van der Waals surface area contributed by atoms with E-state index >= 15 is 0 Å². The van der Waals surface area contributed by atoms with Crippen molar-refractivity contribution in [3.8, 4) is 0 Å². The van der Waals surface area contributed by atoms with E-state index < -0.39 is 0 Å². The van der Waals surface area contributed by atoms with Crippen molar-refractivity contribution in [2.24, 2.45) is 0 Å². The number of hydrogen-bond acceptors (Lipinski definition) is 1. The molecular weight excluding hydrogens is 186 g/mol. The Bertz CT molecular complexity index is 536. The number of aromatic amines is 1. The van der Waals surface area contributed by atoms with Crippen LogP contribution in [0.4, 0.5) is 0 Å². The number of para-hydroxylation sites is 1. The van der Waals surface area contributed by atoms with Crippen LogP contribution >= 0.6 is 0 Å². The second-order valence-corrected chi connectivity index (χ2v) is 3.56. The second-order valence-electron chi connectivity index (χ2n) is 3.56. The first kappa shape index (κ1) is 8.36. The van der Waals surface area contributed by atoms with Crippen molar-refractivity contribution in [1.82, 2.24) is 4.98 Å². The maximum Gasteiger partial charge on any atom is 0.143 e. The fourth-order valence-corrected chi connectivity index (χ4v) is 1.89. The largest absolute Gasteiger partial charge is 0.489 e. The Kier molecular flexibility index (Phi) is 1.85. The number of hydrogen-bond donors (Lipinski definition) is 1. The highest BCUT2D eigenvalue weighted by Gasteiger charge is 2.13. The topological polar surface area (TPSA) is 25.0 Å². The predicted octanol–water partition coefficient (Wildman–Crippen LogP) is 3.31. The maximum atomic E-state index is 5.54. The molecule has 2 nitrogen and oxygen atoms in total. The number of allylic oxidation sites excluding steroid dienone is 2. The van der Waals surface area contributed by atoms with E-state index in [-0.39, 0.29) is 6.10 Å². The molecule has 15 heavy (non-hydrogen) atoms. The summed E-state index contributed by atoms with van der Waals surface area (Å²) in [6, 6.07) is 8.25. The minimum absolute atomic E-state index is 0.0335. The highest BCUT2D eigenvalue weighted by molar-refractivity contribution is 5.83. The van der Waals surface area contributed by atoms with Crippen molar-refractivity contribution < 1.29 is 4.74 Å². The minimum atomic E-state index is 0.0335. The summed E-state index contributed by atoms with van der Waals surface area (Å²) in [5, 5.41) is 1.22. The Morgan fingerprint density at radius 2 is 2.07 bits per heavy atom. The summed E-state index contributed by atoms with van der Waals surface area (Å²) in [6.07, 6.45) is 9.73. The summed E-state index contributed by atoms with van der Waals surface area (Å²) in [6.45, 7) is 0. The van der Waals surface area contributed by atoms with Gasteiger partial charge in [-0.15, -0.1) is 0 Å². The van der Waals surface area contributed by atoms with E-state index in [1.54, 1.807) is 6.26 Å². The summed E-state index contributed by atoms with van der Waals surface area (Å²) in [4.78, 5) is 3.25. The quantitative estimate of drug-likeness (QED) is 0.745. The van der Waals surface area contributed by atoms with E-state index in [9.17, 15) is 0 Å².